The summed E-state index contributed by atoms with van der Waals surface area (Å²) in [4.78, 5) is 4.52. The number of aromatic nitrogens is 1. The molecule has 0 radical (unpaired) electrons. The minimum Gasteiger partial charge on any atom is -0.365 e. The smallest absolute Gasteiger partial charge is 0.134 e. The molecule has 3 heteroatoms. The number of nitrogens with one attached hydrogen (secondary N) is 1. The summed E-state index contributed by atoms with van der Waals surface area (Å²) < 4.78 is 0. The SMILES string of the molecule is Cc1nc(NC(C)(C)C)c2ccccc2c1C#N. The molecule has 0 saturated carbocycles. The minimum atomic E-state index is -0.0592. The highest BCUT2D eigenvalue weighted by molar-refractivity contribution is 5.96. The van der Waals surface area contributed by atoms with Gasteiger partial charge in [0, 0.05) is 16.3 Å². The van der Waals surface area contributed by atoms with Crippen LogP contribution in [0.3, 0.4) is 0 Å². The number of nitriles is 1. The predicted molar refractivity (Wildman–Crippen MR) is 74.6 cm³/mol. The Hall–Kier alpha value is -2.08. The lowest BCUT2D eigenvalue weighted by molar-refractivity contribution is 0.631. The molecule has 0 saturated heterocycles. The highest BCUT2D eigenvalue weighted by Gasteiger charge is 2.15. The number of nitrogens with zero attached hydrogens (tertiary/aromatic N) is 2. The van der Waals surface area contributed by atoms with E-state index in [1.54, 1.807) is 0 Å². The molecule has 92 valence electrons. The Bertz CT molecular complexity index is 630. The highest BCUT2D eigenvalue weighted by atomic mass is 15.0. The molecule has 3 nitrogen and oxygen atoms in total. The summed E-state index contributed by atoms with van der Waals surface area (Å²) in [5.41, 5.74) is 1.36. The van der Waals surface area contributed by atoms with E-state index in [-0.39, 0.29) is 5.54 Å². The summed E-state index contributed by atoms with van der Waals surface area (Å²) in [6, 6.07) is 10.1. The number of benzene rings is 1. The van der Waals surface area contributed by atoms with Crippen LogP contribution in [0.1, 0.15) is 32.0 Å². The average molecular weight is 239 g/mol. The number of pyridine rings is 1. The average Bonchev–Trinajstić information content (AvgIpc) is 2.27. The molecule has 1 heterocycles. The number of aryl methyl sites for hydroxylation is 1. The molecule has 0 unspecified atom stereocenters. The third-order valence-electron chi connectivity index (χ3n) is 2.70. The zero-order valence-electron chi connectivity index (χ0n) is 11.2. The molecule has 0 atom stereocenters. The van der Waals surface area contributed by atoms with Gasteiger partial charge in [-0.3, -0.25) is 0 Å². The van der Waals surface area contributed by atoms with Gasteiger partial charge in [-0.2, -0.15) is 5.26 Å². The summed E-state index contributed by atoms with van der Waals surface area (Å²) in [7, 11) is 0. The maximum Gasteiger partial charge on any atom is 0.134 e. The predicted octanol–water partition coefficient (Wildman–Crippen LogP) is 3.63. The number of fused-ring (bicyclic) bond motifs is 1. The summed E-state index contributed by atoms with van der Waals surface area (Å²) in [5.74, 6) is 0.842. The van der Waals surface area contributed by atoms with Crippen LogP contribution in [-0.4, -0.2) is 10.5 Å². The molecule has 0 aliphatic carbocycles. The van der Waals surface area contributed by atoms with E-state index < -0.39 is 0 Å². The second-order valence-corrected chi connectivity index (χ2v) is 5.45. The minimum absolute atomic E-state index is 0.0592. The van der Waals surface area contributed by atoms with Gasteiger partial charge in [0.15, 0.2) is 0 Å². The summed E-state index contributed by atoms with van der Waals surface area (Å²) in [6.45, 7) is 8.16. The van der Waals surface area contributed by atoms with Crippen LogP contribution in [0.15, 0.2) is 24.3 Å². The Balaban J connectivity index is 2.73. The zero-order valence-corrected chi connectivity index (χ0v) is 11.2. The fourth-order valence-corrected chi connectivity index (χ4v) is 1.98. The summed E-state index contributed by atoms with van der Waals surface area (Å²) in [5, 5.41) is 14.6. The molecule has 0 spiro atoms. The Morgan fingerprint density at radius 3 is 2.33 bits per heavy atom. The van der Waals surface area contributed by atoms with E-state index in [9.17, 15) is 5.26 Å². The second-order valence-electron chi connectivity index (χ2n) is 5.45. The van der Waals surface area contributed by atoms with Crippen LogP contribution in [-0.2, 0) is 0 Å². The van der Waals surface area contributed by atoms with E-state index in [0.29, 0.717) is 5.56 Å². The van der Waals surface area contributed by atoms with Crippen LogP contribution in [0, 0.1) is 18.3 Å². The number of hydrogen-bond donors (Lipinski definition) is 1. The number of hydrogen-bond acceptors (Lipinski definition) is 3. The molecule has 2 aromatic rings. The lowest BCUT2D eigenvalue weighted by Crippen LogP contribution is -2.27. The van der Waals surface area contributed by atoms with Crippen LogP contribution in [0.2, 0.25) is 0 Å². The monoisotopic (exact) mass is 239 g/mol. The number of anilines is 1. The maximum atomic E-state index is 9.23. The first-order chi connectivity index (χ1) is 8.42. The van der Waals surface area contributed by atoms with Gasteiger partial charge >= 0.3 is 0 Å². The molecule has 0 bridgehead atoms. The van der Waals surface area contributed by atoms with E-state index in [1.165, 1.54) is 0 Å². The lowest BCUT2D eigenvalue weighted by atomic mass is 10.0. The summed E-state index contributed by atoms with van der Waals surface area (Å²) in [6.07, 6.45) is 0. The van der Waals surface area contributed by atoms with Crippen molar-refractivity contribution >= 4 is 16.6 Å². The van der Waals surface area contributed by atoms with Crippen LogP contribution in [0.4, 0.5) is 5.82 Å². The van der Waals surface area contributed by atoms with Gasteiger partial charge in [-0.1, -0.05) is 24.3 Å². The van der Waals surface area contributed by atoms with Crippen molar-refractivity contribution in [2.24, 2.45) is 0 Å². The molecule has 18 heavy (non-hydrogen) atoms. The van der Waals surface area contributed by atoms with Gasteiger partial charge in [-0.15, -0.1) is 0 Å². The fourth-order valence-electron chi connectivity index (χ4n) is 1.98. The molecule has 0 fully saturated rings. The molecule has 0 amide bonds. The molecule has 1 aromatic heterocycles. The van der Waals surface area contributed by atoms with Crippen LogP contribution in [0.5, 0.6) is 0 Å². The van der Waals surface area contributed by atoms with Crippen molar-refractivity contribution in [2.75, 3.05) is 5.32 Å². The first kappa shape index (κ1) is 12.4. The van der Waals surface area contributed by atoms with Crippen LogP contribution < -0.4 is 5.32 Å². The molecule has 0 aliphatic rings. The quantitative estimate of drug-likeness (QED) is 0.826. The van der Waals surface area contributed by atoms with Crippen molar-refractivity contribution in [3.63, 3.8) is 0 Å². The van der Waals surface area contributed by atoms with Gasteiger partial charge in [-0.25, -0.2) is 4.98 Å². The summed E-state index contributed by atoms with van der Waals surface area (Å²) >= 11 is 0. The zero-order chi connectivity index (χ0) is 13.3. The second kappa shape index (κ2) is 4.30. The molecular formula is C15H17N3. The van der Waals surface area contributed by atoms with Gasteiger partial charge in [0.05, 0.1) is 11.3 Å². The van der Waals surface area contributed by atoms with E-state index in [1.807, 2.05) is 31.2 Å². The highest BCUT2D eigenvalue weighted by Crippen LogP contribution is 2.28. The molecule has 0 aliphatic heterocycles. The van der Waals surface area contributed by atoms with Crippen molar-refractivity contribution in [3.8, 4) is 6.07 Å². The standard InChI is InChI=1S/C15H17N3/c1-10-13(9-16)11-7-5-6-8-12(11)14(17-10)18-15(2,3)4/h5-8H,1-4H3,(H,17,18). The Kier molecular flexibility index (Phi) is 2.96. The molecular weight excluding hydrogens is 222 g/mol. The number of rotatable bonds is 1. The van der Waals surface area contributed by atoms with E-state index in [2.05, 4.69) is 37.1 Å². The van der Waals surface area contributed by atoms with Gasteiger partial charge in [0.2, 0.25) is 0 Å². The van der Waals surface area contributed by atoms with Crippen molar-refractivity contribution in [2.45, 2.75) is 33.2 Å². The lowest BCUT2D eigenvalue weighted by Gasteiger charge is -2.23. The maximum absolute atomic E-state index is 9.23. The van der Waals surface area contributed by atoms with Crippen molar-refractivity contribution in [1.29, 1.82) is 5.26 Å². The van der Waals surface area contributed by atoms with E-state index in [4.69, 9.17) is 0 Å². The van der Waals surface area contributed by atoms with Crippen molar-refractivity contribution in [1.82, 2.24) is 4.98 Å². The first-order valence-corrected chi connectivity index (χ1v) is 6.00. The molecule has 1 N–H and O–H groups in total. The van der Waals surface area contributed by atoms with Gasteiger partial charge in [-0.05, 0) is 27.7 Å². The molecule has 2 rings (SSSR count). The van der Waals surface area contributed by atoms with Gasteiger partial charge in [0.1, 0.15) is 11.9 Å². The fraction of sp³-hybridized carbons (Fsp3) is 0.333. The Labute approximate surface area is 107 Å². The Morgan fingerprint density at radius 1 is 1.17 bits per heavy atom. The van der Waals surface area contributed by atoms with E-state index in [0.717, 1.165) is 22.3 Å². The van der Waals surface area contributed by atoms with Crippen molar-refractivity contribution < 1.29 is 0 Å². The largest absolute Gasteiger partial charge is 0.365 e. The topological polar surface area (TPSA) is 48.7 Å². The third kappa shape index (κ3) is 2.28. The van der Waals surface area contributed by atoms with Crippen LogP contribution >= 0.6 is 0 Å². The van der Waals surface area contributed by atoms with Gasteiger partial charge < -0.3 is 5.32 Å². The first-order valence-electron chi connectivity index (χ1n) is 6.00. The Morgan fingerprint density at radius 2 is 1.78 bits per heavy atom. The third-order valence-corrected chi connectivity index (χ3v) is 2.70. The van der Waals surface area contributed by atoms with Crippen molar-refractivity contribution in [3.05, 3.63) is 35.5 Å². The molecule has 1 aromatic carbocycles. The van der Waals surface area contributed by atoms with Gasteiger partial charge in [0.25, 0.3) is 0 Å². The van der Waals surface area contributed by atoms with Crippen LogP contribution in [0.25, 0.3) is 10.8 Å². The normalized spacial score (nSPS) is 11.3. The van der Waals surface area contributed by atoms with E-state index >= 15 is 0 Å².